The summed E-state index contributed by atoms with van der Waals surface area (Å²) in [4.78, 5) is 24.5. The molecule has 0 rings (SSSR count). The van der Waals surface area contributed by atoms with Gasteiger partial charge in [-0.15, -0.1) is 0 Å². The maximum Gasteiger partial charge on any atom is 0.305 e. The lowest BCUT2D eigenvalue weighted by molar-refractivity contribution is -0.143. The molecule has 0 saturated carbocycles. The van der Waals surface area contributed by atoms with Crippen molar-refractivity contribution in [2.24, 2.45) is 0 Å². The first-order chi connectivity index (χ1) is 35.0. The van der Waals surface area contributed by atoms with Crippen molar-refractivity contribution in [3.05, 3.63) is 36.5 Å². The number of carbonyl (C=O) groups excluding carboxylic acids is 2. The molecule has 71 heavy (non-hydrogen) atoms. The first-order valence-electron chi connectivity index (χ1n) is 31.8. The van der Waals surface area contributed by atoms with E-state index in [1.54, 1.807) is 6.08 Å². The molecule has 0 aliphatic heterocycles. The van der Waals surface area contributed by atoms with Gasteiger partial charge in [-0.25, -0.2) is 0 Å². The van der Waals surface area contributed by atoms with Gasteiger partial charge in [-0.3, -0.25) is 9.59 Å². The van der Waals surface area contributed by atoms with Crippen LogP contribution in [-0.2, 0) is 14.3 Å². The summed E-state index contributed by atoms with van der Waals surface area (Å²) in [6.45, 7) is 4.89. The summed E-state index contributed by atoms with van der Waals surface area (Å²) in [6, 6.07) is -0.630. The Morgan fingerprint density at radius 2 is 0.662 bits per heavy atom. The zero-order chi connectivity index (χ0) is 51.4. The number of amides is 1. The minimum absolute atomic E-state index is 0.00289. The van der Waals surface area contributed by atoms with Gasteiger partial charge in [-0.2, -0.15) is 0 Å². The lowest BCUT2D eigenvalue weighted by Gasteiger charge is -2.20. The van der Waals surface area contributed by atoms with E-state index in [9.17, 15) is 19.8 Å². The molecule has 3 N–H and O–H groups in total. The molecule has 418 valence electrons. The number of unbranched alkanes of at least 4 members (excludes halogenated alkanes) is 44. The van der Waals surface area contributed by atoms with Gasteiger partial charge in [0.05, 0.1) is 25.4 Å². The van der Waals surface area contributed by atoms with Crippen LogP contribution in [0, 0.1) is 0 Å². The first kappa shape index (κ1) is 69.1. The van der Waals surface area contributed by atoms with E-state index in [2.05, 4.69) is 43.5 Å². The third-order valence-corrected chi connectivity index (χ3v) is 14.6. The summed E-state index contributed by atoms with van der Waals surface area (Å²) in [5.74, 6) is -0.0663. The molecule has 0 bridgehead atoms. The summed E-state index contributed by atoms with van der Waals surface area (Å²) < 4.78 is 5.47. The molecule has 0 fully saturated rings. The number of hydrogen-bond acceptors (Lipinski definition) is 5. The molecule has 1 amide bonds. The van der Waals surface area contributed by atoms with Crippen molar-refractivity contribution in [3.8, 4) is 0 Å². The van der Waals surface area contributed by atoms with Crippen molar-refractivity contribution in [1.82, 2.24) is 5.32 Å². The molecular weight excluding hydrogens is 875 g/mol. The van der Waals surface area contributed by atoms with Gasteiger partial charge in [0.15, 0.2) is 0 Å². The second kappa shape index (κ2) is 60.6. The summed E-state index contributed by atoms with van der Waals surface area (Å²) in [7, 11) is 0. The number of allylic oxidation sites excluding steroid dienone is 5. The van der Waals surface area contributed by atoms with Crippen molar-refractivity contribution in [3.63, 3.8) is 0 Å². The molecule has 2 atom stereocenters. The number of aliphatic hydroxyl groups excluding tert-OH is 2. The average molecular weight is 999 g/mol. The van der Waals surface area contributed by atoms with Gasteiger partial charge < -0.3 is 20.3 Å². The molecule has 0 aromatic carbocycles. The van der Waals surface area contributed by atoms with Crippen molar-refractivity contribution in [2.45, 2.75) is 353 Å². The number of rotatable bonds is 59. The highest BCUT2D eigenvalue weighted by Gasteiger charge is 2.18. The molecule has 0 aliphatic carbocycles. The fourth-order valence-electron chi connectivity index (χ4n) is 9.74. The topological polar surface area (TPSA) is 95.9 Å². The predicted octanol–water partition coefficient (Wildman–Crippen LogP) is 20.0. The average Bonchev–Trinajstić information content (AvgIpc) is 3.37. The Balaban J connectivity index is 3.43. The van der Waals surface area contributed by atoms with E-state index in [-0.39, 0.29) is 18.5 Å². The number of carbonyl (C=O) groups is 2. The Hall–Kier alpha value is -1.92. The van der Waals surface area contributed by atoms with Gasteiger partial charge in [0.25, 0.3) is 0 Å². The van der Waals surface area contributed by atoms with Gasteiger partial charge in [0.1, 0.15) is 0 Å². The molecule has 0 aromatic rings. The monoisotopic (exact) mass is 998 g/mol. The highest BCUT2D eigenvalue weighted by Crippen LogP contribution is 2.17. The minimum Gasteiger partial charge on any atom is -0.466 e. The summed E-state index contributed by atoms with van der Waals surface area (Å²) in [5, 5.41) is 23.2. The van der Waals surface area contributed by atoms with E-state index in [0.29, 0.717) is 19.4 Å². The predicted molar refractivity (Wildman–Crippen MR) is 310 cm³/mol. The number of hydrogen-bond donors (Lipinski definition) is 3. The molecule has 0 spiro atoms. The third-order valence-electron chi connectivity index (χ3n) is 14.6. The van der Waals surface area contributed by atoms with Crippen LogP contribution in [0.4, 0.5) is 0 Å². The number of aliphatic hydroxyl groups is 2. The first-order valence-corrected chi connectivity index (χ1v) is 31.8. The van der Waals surface area contributed by atoms with Crippen molar-refractivity contribution < 1.29 is 24.5 Å². The molecule has 2 unspecified atom stereocenters. The van der Waals surface area contributed by atoms with Gasteiger partial charge in [-0.05, 0) is 83.5 Å². The van der Waals surface area contributed by atoms with Crippen LogP contribution in [-0.4, -0.2) is 47.4 Å². The van der Waals surface area contributed by atoms with Crippen LogP contribution in [0.1, 0.15) is 341 Å². The quantitative estimate of drug-likeness (QED) is 0.0321. The molecule has 0 heterocycles. The Kier molecular flexibility index (Phi) is 59.0. The Morgan fingerprint density at radius 1 is 0.380 bits per heavy atom. The maximum absolute atomic E-state index is 12.5. The van der Waals surface area contributed by atoms with Crippen molar-refractivity contribution in [2.75, 3.05) is 13.2 Å². The van der Waals surface area contributed by atoms with Gasteiger partial charge in [0.2, 0.25) is 5.91 Å². The van der Waals surface area contributed by atoms with Gasteiger partial charge >= 0.3 is 5.97 Å². The molecule has 6 nitrogen and oxygen atoms in total. The highest BCUT2D eigenvalue weighted by atomic mass is 16.5. The Morgan fingerprint density at radius 3 is 1.03 bits per heavy atom. The lowest BCUT2D eigenvalue weighted by Crippen LogP contribution is -2.45. The Bertz CT molecular complexity index is 1150. The normalized spacial score (nSPS) is 12.8. The zero-order valence-corrected chi connectivity index (χ0v) is 47.7. The minimum atomic E-state index is -0.847. The molecule has 0 aliphatic rings. The third kappa shape index (κ3) is 57.2. The molecule has 6 heteroatoms. The van der Waals surface area contributed by atoms with Crippen LogP contribution in [0.2, 0.25) is 0 Å². The summed E-state index contributed by atoms with van der Waals surface area (Å²) in [6.07, 6.45) is 76.2. The van der Waals surface area contributed by atoms with Crippen molar-refractivity contribution >= 4 is 11.9 Å². The van der Waals surface area contributed by atoms with E-state index < -0.39 is 12.1 Å². The lowest BCUT2D eigenvalue weighted by atomic mass is 10.0. The van der Waals surface area contributed by atoms with Crippen LogP contribution >= 0.6 is 0 Å². The summed E-state index contributed by atoms with van der Waals surface area (Å²) >= 11 is 0. The second-order valence-corrected chi connectivity index (χ2v) is 21.7. The fraction of sp³-hybridized carbons (Fsp3) is 0.877. The number of esters is 1. The van der Waals surface area contributed by atoms with Crippen LogP contribution in [0.15, 0.2) is 36.5 Å². The van der Waals surface area contributed by atoms with Crippen LogP contribution < -0.4 is 5.32 Å². The summed E-state index contributed by atoms with van der Waals surface area (Å²) in [5.41, 5.74) is 0. The maximum atomic E-state index is 12.5. The second-order valence-electron chi connectivity index (χ2n) is 21.7. The van der Waals surface area contributed by atoms with Gasteiger partial charge in [0, 0.05) is 12.8 Å². The molecule has 0 saturated heterocycles. The molecule has 0 radical (unpaired) electrons. The van der Waals surface area contributed by atoms with Crippen LogP contribution in [0.3, 0.4) is 0 Å². The molecular formula is C65H123NO5. The standard InChI is InChI=1S/C65H123NO5/c1-3-5-7-9-11-13-15-17-18-28-31-34-37-41-45-49-53-57-63(68)62(61-67)66-64(69)58-54-50-46-42-38-35-32-29-26-24-22-20-19-21-23-25-27-30-33-36-40-44-48-52-56-60-71-65(70)59-55-51-47-43-39-16-14-12-10-8-6-4-2/h12,14,20,22,53,57,62-63,67-68H,3-11,13,15-19,21,23-52,54-56,58-61H2,1-2H3,(H,66,69)/b14-12-,22-20-,57-53+. The smallest absolute Gasteiger partial charge is 0.305 e. The highest BCUT2D eigenvalue weighted by molar-refractivity contribution is 5.76. The SMILES string of the molecule is CCCCC/C=C\CCCCCCCC(=O)OCCCCCCCCCCCCCC/C=C\CCCCCCCCCCCC(=O)NC(CO)C(O)/C=C/CCCCCCCCCCCCCCCCC. The number of nitrogens with one attached hydrogen (secondary N) is 1. The molecule has 0 aromatic heterocycles. The number of ether oxygens (including phenoxy) is 1. The van der Waals surface area contributed by atoms with Crippen LogP contribution in [0.5, 0.6) is 0 Å². The van der Waals surface area contributed by atoms with Crippen molar-refractivity contribution in [1.29, 1.82) is 0 Å². The Labute approximate surface area is 443 Å². The van der Waals surface area contributed by atoms with E-state index in [0.717, 1.165) is 44.9 Å². The van der Waals surface area contributed by atoms with Crippen LogP contribution in [0.25, 0.3) is 0 Å². The zero-order valence-electron chi connectivity index (χ0n) is 47.7. The van der Waals surface area contributed by atoms with Gasteiger partial charge in [-0.1, -0.05) is 281 Å². The van der Waals surface area contributed by atoms with E-state index in [4.69, 9.17) is 4.74 Å². The van der Waals surface area contributed by atoms with E-state index in [1.807, 2.05) is 6.08 Å². The largest absolute Gasteiger partial charge is 0.466 e. The van der Waals surface area contributed by atoms with E-state index in [1.165, 1.54) is 270 Å². The fourth-order valence-corrected chi connectivity index (χ4v) is 9.74. The van der Waals surface area contributed by atoms with E-state index >= 15 is 0 Å².